The molecule has 5 nitrogen and oxygen atoms in total. The monoisotopic (exact) mass is 392 g/mol. The molecule has 1 fully saturated rings. The molecule has 2 N–H and O–H groups in total. The van der Waals surface area contributed by atoms with Crippen LogP contribution in [0.1, 0.15) is 51.4 Å². The highest BCUT2D eigenvalue weighted by atomic mass is 19.1. The van der Waals surface area contributed by atoms with Crippen LogP contribution in [0.4, 0.5) is 4.39 Å². The summed E-state index contributed by atoms with van der Waals surface area (Å²) >= 11 is 0. The number of pyridine rings is 2. The Balaban J connectivity index is 1.80. The minimum Gasteiger partial charge on any atom is -0.477 e. The van der Waals surface area contributed by atoms with Gasteiger partial charge >= 0.3 is 5.97 Å². The SMILES string of the molecule is Cc1c(-c2ccc3c(c2)CNCC3)c(F)cn2c(=O)c(C(=O)O)cc(C3CC3)c12. The topological polar surface area (TPSA) is 70.8 Å². The van der Waals surface area contributed by atoms with E-state index in [1.807, 2.05) is 19.1 Å². The van der Waals surface area contributed by atoms with Crippen LogP contribution in [0.25, 0.3) is 16.6 Å². The van der Waals surface area contributed by atoms with Gasteiger partial charge < -0.3 is 10.4 Å². The van der Waals surface area contributed by atoms with Gasteiger partial charge in [-0.15, -0.1) is 0 Å². The van der Waals surface area contributed by atoms with Crippen molar-refractivity contribution in [1.29, 1.82) is 0 Å². The molecule has 1 aliphatic carbocycles. The fraction of sp³-hybridized carbons (Fsp3) is 0.304. The van der Waals surface area contributed by atoms with E-state index >= 15 is 4.39 Å². The van der Waals surface area contributed by atoms with Crippen molar-refractivity contribution in [3.63, 3.8) is 0 Å². The maximum Gasteiger partial charge on any atom is 0.341 e. The lowest BCUT2D eigenvalue weighted by Crippen LogP contribution is -2.24. The van der Waals surface area contributed by atoms with Gasteiger partial charge in [-0.25, -0.2) is 9.18 Å². The number of aromatic carboxylic acids is 1. The molecule has 6 heteroatoms. The molecule has 0 atom stereocenters. The fourth-order valence-corrected chi connectivity index (χ4v) is 4.50. The molecule has 0 radical (unpaired) electrons. The summed E-state index contributed by atoms with van der Waals surface area (Å²) in [5.74, 6) is -1.59. The third-order valence-electron chi connectivity index (χ3n) is 6.10. The molecule has 2 aromatic heterocycles. The second-order valence-electron chi connectivity index (χ2n) is 8.00. The summed E-state index contributed by atoms with van der Waals surface area (Å²) in [6.07, 6.45) is 4.00. The molecule has 0 bridgehead atoms. The first-order chi connectivity index (χ1) is 14.0. The third kappa shape index (κ3) is 2.86. The first-order valence-electron chi connectivity index (χ1n) is 9.90. The van der Waals surface area contributed by atoms with Crippen LogP contribution in [0, 0.1) is 12.7 Å². The van der Waals surface area contributed by atoms with Gasteiger partial charge in [0.25, 0.3) is 5.56 Å². The Morgan fingerprint density at radius 1 is 1.24 bits per heavy atom. The van der Waals surface area contributed by atoms with Gasteiger partial charge in [-0.1, -0.05) is 12.1 Å². The van der Waals surface area contributed by atoms with E-state index < -0.39 is 17.3 Å². The summed E-state index contributed by atoms with van der Waals surface area (Å²) < 4.78 is 16.4. The van der Waals surface area contributed by atoms with E-state index in [4.69, 9.17) is 0 Å². The molecular weight excluding hydrogens is 371 g/mol. The lowest BCUT2D eigenvalue weighted by atomic mass is 9.92. The molecule has 0 unspecified atom stereocenters. The standard InChI is InChI=1S/C23H21FN2O3/c1-12-20(15-5-2-13-6-7-25-10-16(13)8-15)19(24)11-26-21(12)17(14-3-4-14)9-18(22(26)27)23(28)29/h2,5,8-9,11,14,25H,3-4,6-7,10H2,1H3,(H,28,29). The van der Waals surface area contributed by atoms with Crippen molar-refractivity contribution in [1.82, 2.24) is 9.72 Å². The number of aromatic nitrogens is 1. The van der Waals surface area contributed by atoms with E-state index in [0.717, 1.165) is 55.2 Å². The molecule has 1 saturated carbocycles. The van der Waals surface area contributed by atoms with Gasteiger partial charge in [-0.2, -0.15) is 0 Å². The number of fused-ring (bicyclic) bond motifs is 2. The minimum atomic E-state index is -1.28. The van der Waals surface area contributed by atoms with Gasteiger partial charge in [0.15, 0.2) is 0 Å². The van der Waals surface area contributed by atoms with Crippen LogP contribution in [0.5, 0.6) is 0 Å². The molecule has 0 saturated heterocycles. The molecule has 0 amide bonds. The molecule has 3 aromatic rings. The van der Waals surface area contributed by atoms with E-state index in [1.165, 1.54) is 16.0 Å². The first kappa shape index (κ1) is 18.1. The number of hydrogen-bond donors (Lipinski definition) is 2. The van der Waals surface area contributed by atoms with Crippen LogP contribution in [0.2, 0.25) is 0 Å². The van der Waals surface area contributed by atoms with Gasteiger partial charge in [0.2, 0.25) is 0 Å². The van der Waals surface area contributed by atoms with Crippen molar-refractivity contribution in [3.05, 3.63) is 74.5 Å². The maximum absolute atomic E-state index is 15.2. The molecule has 0 spiro atoms. The summed E-state index contributed by atoms with van der Waals surface area (Å²) in [6.45, 7) is 3.51. The lowest BCUT2D eigenvalue weighted by Gasteiger charge is -2.20. The average molecular weight is 392 g/mol. The van der Waals surface area contributed by atoms with E-state index in [0.29, 0.717) is 16.6 Å². The highest BCUT2D eigenvalue weighted by molar-refractivity contribution is 5.89. The average Bonchev–Trinajstić information content (AvgIpc) is 3.53. The van der Waals surface area contributed by atoms with Crippen molar-refractivity contribution in [2.24, 2.45) is 0 Å². The van der Waals surface area contributed by atoms with Gasteiger partial charge in [0, 0.05) is 18.3 Å². The Hall–Kier alpha value is -2.99. The highest BCUT2D eigenvalue weighted by Gasteiger charge is 2.30. The highest BCUT2D eigenvalue weighted by Crippen LogP contribution is 2.44. The van der Waals surface area contributed by atoms with Crippen molar-refractivity contribution in [3.8, 4) is 11.1 Å². The van der Waals surface area contributed by atoms with Gasteiger partial charge in [0.05, 0.1) is 5.52 Å². The van der Waals surface area contributed by atoms with Crippen LogP contribution in [-0.4, -0.2) is 22.0 Å². The summed E-state index contributed by atoms with van der Waals surface area (Å²) in [5, 5.41) is 12.8. The Kier molecular flexibility index (Phi) is 4.06. The first-order valence-corrected chi connectivity index (χ1v) is 9.90. The van der Waals surface area contributed by atoms with Crippen LogP contribution >= 0.6 is 0 Å². The van der Waals surface area contributed by atoms with Crippen LogP contribution in [0.3, 0.4) is 0 Å². The summed E-state index contributed by atoms with van der Waals surface area (Å²) in [6, 6.07) is 7.50. The van der Waals surface area contributed by atoms with E-state index in [9.17, 15) is 14.7 Å². The largest absolute Gasteiger partial charge is 0.477 e. The Bertz CT molecular complexity index is 1240. The summed E-state index contributed by atoms with van der Waals surface area (Å²) in [5.41, 5.74) is 4.81. The zero-order valence-corrected chi connectivity index (χ0v) is 16.1. The van der Waals surface area contributed by atoms with Gasteiger partial charge in [-0.05, 0) is 78.6 Å². The Morgan fingerprint density at radius 3 is 2.76 bits per heavy atom. The number of rotatable bonds is 3. The van der Waals surface area contributed by atoms with Crippen LogP contribution in [0.15, 0.2) is 35.3 Å². The van der Waals surface area contributed by atoms with Crippen molar-refractivity contribution in [2.45, 2.75) is 38.6 Å². The Labute approximate surface area is 166 Å². The smallest absolute Gasteiger partial charge is 0.341 e. The lowest BCUT2D eigenvalue weighted by molar-refractivity contribution is 0.0694. The number of aryl methyl sites for hydroxylation is 1. The number of carbonyl (C=O) groups is 1. The molecule has 5 rings (SSSR count). The third-order valence-corrected chi connectivity index (χ3v) is 6.10. The van der Waals surface area contributed by atoms with Crippen molar-refractivity contribution < 1.29 is 14.3 Å². The van der Waals surface area contributed by atoms with E-state index in [-0.39, 0.29) is 11.5 Å². The number of carboxylic acids is 1. The molecule has 1 aliphatic heterocycles. The van der Waals surface area contributed by atoms with E-state index in [1.54, 1.807) is 0 Å². The quantitative estimate of drug-likeness (QED) is 0.714. The second kappa shape index (κ2) is 6.52. The number of nitrogens with one attached hydrogen (secondary N) is 1. The van der Waals surface area contributed by atoms with Crippen molar-refractivity contribution >= 4 is 11.5 Å². The minimum absolute atomic E-state index is 0.216. The molecule has 29 heavy (non-hydrogen) atoms. The van der Waals surface area contributed by atoms with Crippen LogP contribution in [-0.2, 0) is 13.0 Å². The molecular formula is C23H21FN2O3. The predicted octanol–water partition coefficient (Wildman–Crippen LogP) is 3.64. The number of hydrogen-bond acceptors (Lipinski definition) is 3. The van der Waals surface area contributed by atoms with E-state index in [2.05, 4.69) is 11.4 Å². The molecule has 1 aromatic carbocycles. The second-order valence-corrected chi connectivity index (χ2v) is 8.00. The molecule has 2 aliphatic rings. The summed E-state index contributed by atoms with van der Waals surface area (Å²) in [7, 11) is 0. The zero-order chi connectivity index (χ0) is 20.3. The molecule has 148 valence electrons. The normalized spacial score (nSPS) is 16.1. The maximum atomic E-state index is 15.2. The molecule has 3 heterocycles. The van der Waals surface area contributed by atoms with Gasteiger partial charge in [0.1, 0.15) is 11.4 Å². The van der Waals surface area contributed by atoms with Gasteiger partial charge in [-0.3, -0.25) is 9.20 Å². The number of benzene rings is 1. The number of carboxylic acid groups (broad SMARTS) is 1. The Morgan fingerprint density at radius 2 is 2.03 bits per heavy atom. The fourth-order valence-electron chi connectivity index (χ4n) is 4.50. The van der Waals surface area contributed by atoms with Crippen LogP contribution < -0.4 is 10.9 Å². The predicted molar refractivity (Wildman–Crippen MR) is 108 cm³/mol. The number of nitrogens with zero attached hydrogens (tertiary/aromatic N) is 1. The van der Waals surface area contributed by atoms with Crippen molar-refractivity contribution in [2.75, 3.05) is 6.54 Å². The zero-order valence-electron chi connectivity index (χ0n) is 16.1. The summed E-state index contributed by atoms with van der Waals surface area (Å²) in [4.78, 5) is 24.3. The number of halogens is 1.